The molecular weight excluding hydrogens is 341 g/mol. The van der Waals surface area contributed by atoms with Gasteiger partial charge in [-0.05, 0) is 18.1 Å². The summed E-state index contributed by atoms with van der Waals surface area (Å²) >= 11 is 0. The van der Waals surface area contributed by atoms with Crippen molar-refractivity contribution in [3.63, 3.8) is 0 Å². The number of hydrogen-bond donors (Lipinski definition) is 4. The molecule has 7 nitrogen and oxygen atoms in total. The van der Waals surface area contributed by atoms with Crippen LogP contribution in [0, 0.1) is 0 Å². The fraction of sp³-hybridized carbons (Fsp3) is 0.357. The van der Waals surface area contributed by atoms with Gasteiger partial charge in [-0.15, -0.1) is 24.8 Å². The smallest absolute Gasteiger partial charge is 0.237 e. The highest BCUT2D eigenvalue weighted by atomic mass is 35.5. The fourth-order valence-electron chi connectivity index (χ4n) is 1.68. The van der Waals surface area contributed by atoms with Crippen molar-refractivity contribution in [2.24, 2.45) is 22.2 Å². The van der Waals surface area contributed by atoms with Crippen molar-refractivity contribution < 1.29 is 9.59 Å². The number of amidine groups is 1. The molecule has 0 aliphatic heterocycles. The summed E-state index contributed by atoms with van der Waals surface area (Å²) in [5.41, 5.74) is 17.9. The molecule has 2 amide bonds. The predicted molar refractivity (Wildman–Crippen MR) is 95.6 cm³/mol. The van der Waals surface area contributed by atoms with Crippen molar-refractivity contribution in [2.45, 2.75) is 32.5 Å². The predicted octanol–water partition coefficient (Wildman–Crippen LogP) is 0.226. The SMILES string of the molecule is CC(N)=NCc1cccc(CNC(=O)[C@@H](N)CC(N)=O)c1.Cl.Cl. The van der Waals surface area contributed by atoms with Crippen molar-refractivity contribution >= 4 is 42.5 Å². The summed E-state index contributed by atoms with van der Waals surface area (Å²) in [6, 6.07) is 6.68. The topological polar surface area (TPSA) is 137 Å². The summed E-state index contributed by atoms with van der Waals surface area (Å²) in [7, 11) is 0. The minimum absolute atomic E-state index is 0. The van der Waals surface area contributed by atoms with E-state index in [0.29, 0.717) is 18.9 Å². The maximum Gasteiger partial charge on any atom is 0.237 e. The second-order valence-electron chi connectivity index (χ2n) is 4.77. The maximum absolute atomic E-state index is 11.7. The van der Waals surface area contributed by atoms with Gasteiger partial charge in [-0.25, -0.2) is 0 Å². The lowest BCUT2D eigenvalue weighted by Gasteiger charge is -2.11. The van der Waals surface area contributed by atoms with Gasteiger partial charge < -0.3 is 22.5 Å². The molecular formula is C14H23Cl2N5O2. The maximum atomic E-state index is 11.7. The van der Waals surface area contributed by atoms with Crippen LogP contribution in [0.2, 0.25) is 0 Å². The summed E-state index contributed by atoms with van der Waals surface area (Å²) < 4.78 is 0. The van der Waals surface area contributed by atoms with Gasteiger partial charge in [0.15, 0.2) is 0 Å². The van der Waals surface area contributed by atoms with Crippen LogP contribution in [-0.2, 0) is 22.7 Å². The highest BCUT2D eigenvalue weighted by Gasteiger charge is 2.15. The first-order valence-corrected chi connectivity index (χ1v) is 6.54. The van der Waals surface area contributed by atoms with Crippen LogP contribution in [0.3, 0.4) is 0 Å². The second-order valence-corrected chi connectivity index (χ2v) is 4.77. The van der Waals surface area contributed by atoms with E-state index in [1.807, 2.05) is 24.3 Å². The van der Waals surface area contributed by atoms with Gasteiger partial charge in [0.05, 0.1) is 24.8 Å². The zero-order valence-corrected chi connectivity index (χ0v) is 14.5. The zero-order valence-electron chi connectivity index (χ0n) is 12.8. The lowest BCUT2D eigenvalue weighted by Crippen LogP contribution is -2.42. The van der Waals surface area contributed by atoms with Crippen molar-refractivity contribution in [3.05, 3.63) is 35.4 Å². The highest BCUT2D eigenvalue weighted by Crippen LogP contribution is 2.06. The summed E-state index contributed by atoms with van der Waals surface area (Å²) in [6.45, 7) is 2.54. The highest BCUT2D eigenvalue weighted by molar-refractivity contribution is 5.87. The molecule has 0 saturated carbocycles. The lowest BCUT2D eigenvalue weighted by atomic mass is 10.1. The third-order valence-electron chi connectivity index (χ3n) is 2.73. The number of amides is 2. The second kappa shape index (κ2) is 11.7. The number of nitrogens with zero attached hydrogens (tertiary/aromatic N) is 1. The van der Waals surface area contributed by atoms with Gasteiger partial charge in [0.1, 0.15) is 0 Å². The Morgan fingerprint density at radius 3 is 2.39 bits per heavy atom. The molecule has 0 bridgehead atoms. The van der Waals surface area contributed by atoms with E-state index in [-0.39, 0.29) is 31.2 Å². The van der Waals surface area contributed by atoms with E-state index in [0.717, 1.165) is 11.1 Å². The third-order valence-corrected chi connectivity index (χ3v) is 2.73. The van der Waals surface area contributed by atoms with Gasteiger partial charge in [-0.3, -0.25) is 14.6 Å². The molecule has 0 aliphatic rings. The van der Waals surface area contributed by atoms with E-state index in [2.05, 4.69) is 10.3 Å². The summed E-state index contributed by atoms with van der Waals surface area (Å²) in [5, 5.41) is 2.66. The molecule has 0 aliphatic carbocycles. The first kappa shape index (κ1) is 23.4. The molecule has 0 unspecified atom stereocenters. The molecule has 1 atom stereocenters. The summed E-state index contributed by atoms with van der Waals surface area (Å²) in [4.78, 5) is 26.5. The Hall–Kier alpha value is -1.83. The van der Waals surface area contributed by atoms with E-state index in [9.17, 15) is 9.59 Å². The van der Waals surface area contributed by atoms with E-state index in [4.69, 9.17) is 17.2 Å². The van der Waals surface area contributed by atoms with Gasteiger partial charge in [0, 0.05) is 6.54 Å². The number of primary amides is 1. The van der Waals surface area contributed by atoms with Crippen LogP contribution in [0.15, 0.2) is 29.3 Å². The Labute approximate surface area is 147 Å². The number of hydrogen-bond acceptors (Lipinski definition) is 4. The van der Waals surface area contributed by atoms with E-state index >= 15 is 0 Å². The molecule has 0 aromatic heterocycles. The number of rotatable bonds is 7. The lowest BCUT2D eigenvalue weighted by molar-refractivity contribution is -0.126. The zero-order chi connectivity index (χ0) is 15.8. The Bertz CT molecular complexity index is 548. The van der Waals surface area contributed by atoms with Gasteiger partial charge in [0.2, 0.25) is 11.8 Å². The molecule has 0 radical (unpaired) electrons. The largest absolute Gasteiger partial charge is 0.388 e. The summed E-state index contributed by atoms with van der Waals surface area (Å²) in [5.74, 6) is -0.490. The number of nitrogens with two attached hydrogens (primary N) is 3. The molecule has 0 heterocycles. The van der Waals surface area contributed by atoms with E-state index < -0.39 is 17.9 Å². The number of halogens is 2. The van der Waals surface area contributed by atoms with Crippen LogP contribution in [0.1, 0.15) is 24.5 Å². The number of carbonyl (C=O) groups excluding carboxylic acids is 2. The van der Waals surface area contributed by atoms with Gasteiger partial charge >= 0.3 is 0 Å². The minimum Gasteiger partial charge on any atom is -0.388 e. The van der Waals surface area contributed by atoms with Crippen LogP contribution in [0.5, 0.6) is 0 Å². The average molecular weight is 364 g/mol. The number of carbonyl (C=O) groups is 2. The van der Waals surface area contributed by atoms with Gasteiger partial charge in [0.25, 0.3) is 0 Å². The fourth-order valence-corrected chi connectivity index (χ4v) is 1.68. The summed E-state index contributed by atoms with van der Waals surface area (Å²) in [6.07, 6.45) is -0.170. The Morgan fingerprint density at radius 2 is 1.83 bits per heavy atom. The minimum atomic E-state index is -0.921. The van der Waals surface area contributed by atoms with Crippen LogP contribution in [0.25, 0.3) is 0 Å². The van der Waals surface area contributed by atoms with Gasteiger partial charge in [-0.2, -0.15) is 0 Å². The first-order valence-electron chi connectivity index (χ1n) is 6.54. The molecule has 130 valence electrons. The Morgan fingerprint density at radius 1 is 1.22 bits per heavy atom. The normalized spacial score (nSPS) is 11.7. The van der Waals surface area contributed by atoms with Crippen LogP contribution >= 0.6 is 24.8 Å². The third kappa shape index (κ3) is 9.72. The van der Waals surface area contributed by atoms with Crippen LogP contribution in [-0.4, -0.2) is 23.7 Å². The van der Waals surface area contributed by atoms with Crippen LogP contribution in [0.4, 0.5) is 0 Å². The van der Waals surface area contributed by atoms with Crippen LogP contribution < -0.4 is 22.5 Å². The average Bonchev–Trinajstić information content (AvgIpc) is 2.42. The number of benzene rings is 1. The quantitative estimate of drug-likeness (QED) is 0.406. The van der Waals surface area contributed by atoms with Crippen molar-refractivity contribution in [1.29, 1.82) is 0 Å². The molecule has 23 heavy (non-hydrogen) atoms. The Balaban J connectivity index is 0. The molecule has 7 N–H and O–H groups in total. The van der Waals surface area contributed by atoms with Crippen molar-refractivity contribution in [2.75, 3.05) is 0 Å². The van der Waals surface area contributed by atoms with Crippen molar-refractivity contribution in [3.8, 4) is 0 Å². The monoisotopic (exact) mass is 363 g/mol. The van der Waals surface area contributed by atoms with E-state index in [1.165, 1.54) is 0 Å². The molecule has 0 spiro atoms. The molecule has 0 fully saturated rings. The molecule has 9 heteroatoms. The number of aliphatic imine (C=N–C) groups is 1. The molecule has 1 aromatic carbocycles. The standard InChI is InChI=1S/C14H21N5O2.2ClH/c1-9(15)18-7-10-3-2-4-11(5-10)8-19-14(21)12(16)6-13(17)20;;/h2-5,12H,6-8,16H2,1H3,(H2,15,18)(H2,17,20)(H,19,21);2*1H/t12-;;/m0../s1. The van der Waals surface area contributed by atoms with E-state index in [1.54, 1.807) is 6.92 Å². The Kier molecular flexibility index (Phi) is 11.9. The number of nitrogens with one attached hydrogen (secondary N) is 1. The molecule has 0 saturated heterocycles. The first-order chi connectivity index (χ1) is 9.88. The molecule has 1 aromatic rings. The van der Waals surface area contributed by atoms with Gasteiger partial charge in [-0.1, -0.05) is 24.3 Å². The molecule has 1 rings (SSSR count). The van der Waals surface area contributed by atoms with Crippen molar-refractivity contribution in [1.82, 2.24) is 5.32 Å².